The van der Waals surface area contributed by atoms with Gasteiger partial charge in [0.05, 0.1) is 5.54 Å². The normalized spacial score (nSPS) is 13.3. The zero-order valence-corrected chi connectivity index (χ0v) is 7.95. The number of alkyl halides is 2. The summed E-state index contributed by atoms with van der Waals surface area (Å²) >= 11 is 0. The number of amidine groups is 1. The molecule has 0 unspecified atom stereocenters. The number of hydrogen-bond acceptors (Lipinski definition) is 3. The molecule has 0 saturated carbocycles. The van der Waals surface area contributed by atoms with Crippen LogP contribution in [-0.4, -0.2) is 25.5 Å². The molecule has 78 valence electrons. The van der Waals surface area contributed by atoms with E-state index in [-0.39, 0.29) is 0 Å². The first kappa shape index (κ1) is 12.2. The van der Waals surface area contributed by atoms with Gasteiger partial charge in [-0.25, -0.2) is 8.42 Å². The van der Waals surface area contributed by atoms with Crippen molar-refractivity contribution in [1.29, 1.82) is 5.41 Å². The van der Waals surface area contributed by atoms with Crippen LogP contribution in [0.2, 0.25) is 0 Å². The molecular formula is C5H11F2N3O2S. The van der Waals surface area contributed by atoms with E-state index < -0.39 is 27.2 Å². The second kappa shape index (κ2) is 3.54. The van der Waals surface area contributed by atoms with E-state index in [0.29, 0.717) is 0 Å². The minimum atomic E-state index is -4.71. The smallest absolute Gasteiger partial charge is 0.350 e. The predicted octanol–water partition coefficient (Wildman–Crippen LogP) is -0.157. The molecule has 0 rings (SSSR count). The third kappa shape index (κ3) is 3.23. The average molecular weight is 215 g/mol. The molecule has 8 heteroatoms. The van der Waals surface area contributed by atoms with Crippen LogP contribution in [0, 0.1) is 5.41 Å². The fourth-order valence-corrected chi connectivity index (χ4v) is 1.37. The van der Waals surface area contributed by atoms with Crippen LogP contribution in [0.25, 0.3) is 0 Å². The van der Waals surface area contributed by atoms with Crippen molar-refractivity contribution in [1.82, 2.24) is 4.72 Å². The molecule has 0 aromatic rings. The number of hydrogen-bond donors (Lipinski definition) is 3. The van der Waals surface area contributed by atoms with Gasteiger partial charge in [0.1, 0.15) is 5.84 Å². The molecule has 0 saturated heterocycles. The Morgan fingerprint density at radius 3 is 2.15 bits per heavy atom. The Morgan fingerprint density at radius 2 is 1.92 bits per heavy atom. The van der Waals surface area contributed by atoms with E-state index in [1.807, 2.05) is 0 Å². The first-order valence-corrected chi connectivity index (χ1v) is 4.79. The summed E-state index contributed by atoms with van der Waals surface area (Å²) in [7, 11) is -4.71. The van der Waals surface area contributed by atoms with Crippen LogP contribution in [0.4, 0.5) is 8.78 Å². The fraction of sp³-hybridized carbons (Fsp3) is 0.800. The Kier molecular flexibility index (Phi) is 3.34. The Labute approximate surface area is 74.9 Å². The molecule has 0 heterocycles. The summed E-state index contributed by atoms with van der Waals surface area (Å²) in [6, 6.07) is 0. The lowest BCUT2D eigenvalue weighted by Crippen LogP contribution is -2.53. The summed E-state index contributed by atoms with van der Waals surface area (Å²) in [5.41, 5.74) is 3.50. The van der Waals surface area contributed by atoms with Gasteiger partial charge in [-0.15, -0.1) is 0 Å². The fourth-order valence-electron chi connectivity index (χ4n) is 0.455. The van der Waals surface area contributed by atoms with Crippen molar-refractivity contribution in [3.05, 3.63) is 0 Å². The van der Waals surface area contributed by atoms with Crippen LogP contribution in [-0.2, 0) is 10.0 Å². The minimum Gasteiger partial charge on any atom is -0.386 e. The second-order valence-electron chi connectivity index (χ2n) is 2.95. The standard InChI is InChI=1S/C5H11F2N3O2S/c1-5(2,3(8)9)10-13(11,12)4(6)7/h4,10H,1-2H3,(H3,8,9). The molecule has 0 bridgehead atoms. The zero-order valence-electron chi connectivity index (χ0n) is 7.14. The molecule has 0 atom stereocenters. The lowest BCUT2D eigenvalue weighted by atomic mass is 10.1. The van der Waals surface area contributed by atoms with Gasteiger partial charge >= 0.3 is 5.76 Å². The predicted molar refractivity (Wildman–Crippen MR) is 44.1 cm³/mol. The van der Waals surface area contributed by atoms with E-state index in [0.717, 1.165) is 0 Å². The highest BCUT2D eigenvalue weighted by Gasteiger charge is 2.33. The van der Waals surface area contributed by atoms with E-state index >= 15 is 0 Å². The second-order valence-corrected chi connectivity index (χ2v) is 4.60. The molecule has 0 fully saturated rings. The van der Waals surface area contributed by atoms with Crippen molar-refractivity contribution < 1.29 is 17.2 Å². The molecule has 4 N–H and O–H groups in total. The molecule has 0 aromatic carbocycles. The Hall–Kier alpha value is -0.760. The molecule has 5 nitrogen and oxygen atoms in total. The molecule has 0 aliphatic rings. The van der Waals surface area contributed by atoms with Gasteiger partial charge in [-0.2, -0.15) is 13.5 Å². The van der Waals surface area contributed by atoms with Crippen molar-refractivity contribution in [3.63, 3.8) is 0 Å². The van der Waals surface area contributed by atoms with Crippen molar-refractivity contribution in [2.24, 2.45) is 5.73 Å². The third-order valence-corrected chi connectivity index (χ3v) is 2.57. The number of sulfonamides is 1. The highest BCUT2D eigenvalue weighted by Crippen LogP contribution is 2.09. The highest BCUT2D eigenvalue weighted by molar-refractivity contribution is 7.89. The molecule has 0 aliphatic carbocycles. The third-order valence-electron chi connectivity index (χ3n) is 1.31. The van der Waals surface area contributed by atoms with Crippen LogP contribution >= 0.6 is 0 Å². The lowest BCUT2D eigenvalue weighted by molar-refractivity contribution is 0.231. The topological polar surface area (TPSA) is 96.0 Å². The summed E-state index contributed by atoms with van der Waals surface area (Å²) in [6.45, 7) is 2.44. The van der Waals surface area contributed by atoms with Gasteiger partial charge in [-0.3, -0.25) is 5.41 Å². The van der Waals surface area contributed by atoms with Gasteiger partial charge in [-0.05, 0) is 13.8 Å². The minimum absolute atomic E-state index is 0.531. The van der Waals surface area contributed by atoms with E-state index in [1.165, 1.54) is 13.8 Å². The van der Waals surface area contributed by atoms with Gasteiger partial charge in [0, 0.05) is 0 Å². The summed E-state index contributed by atoms with van der Waals surface area (Å²) in [5, 5.41) is 6.92. The van der Waals surface area contributed by atoms with Crippen LogP contribution in [0.5, 0.6) is 0 Å². The van der Waals surface area contributed by atoms with Crippen molar-refractivity contribution in [2.75, 3.05) is 0 Å². The van der Waals surface area contributed by atoms with Gasteiger partial charge in [0.2, 0.25) is 0 Å². The molecule has 0 aromatic heterocycles. The summed E-state index contributed by atoms with van der Waals surface area (Å²) in [6.07, 6.45) is 0. The Bertz CT molecular complexity index is 299. The SMILES string of the molecule is CC(C)(NS(=O)(=O)C(F)F)C(=N)N. The summed E-state index contributed by atoms with van der Waals surface area (Å²) in [5.74, 6) is -4.05. The van der Waals surface area contributed by atoms with Gasteiger partial charge in [0.25, 0.3) is 10.0 Å². The highest BCUT2D eigenvalue weighted by atomic mass is 32.2. The van der Waals surface area contributed by atoms with E-state index in [1.54, 1.807) is 4.72 Å². The first-order chi connectivity index (χ1) is 5.59. The molecule has 13 heavy (non-hydrogen) atoms. The zero-order chi connectivity index (χ0) is 10.9. The van der Waals surface area contributed by atoms with Crippen molar-refractivity contribution in [2.45, 2.75) is 25.1 Å². The van der Waals surface area contributed by atoms with Gasteiger partial charge in [-0.1, -0.05) is 0 Å². The quantitative estimate of drug-likeness (QED) is 0.449. The molecule has 0 aliphatic heterocycles. The number of nitrogens with one attached hydrogen (secondary N) is 2. The van der Waals surface area contributed by atoms with Crippen LogP contribution in [0.3, 0.4) is 0 Å². The van der Waals surface area contributed by atoms with Crippen molar-refractivity contribution >= 4 is 15.9 Å². The number of rotatable bonds is 4. The number of halogens is 2. The van der Waals surface area contributed by atoms with E-state index in [4.69, 9.17) is 11.1 Å². The summed E-state index contributed by atoms with van der Waals surface area (Å²) < 4.78 is 46.6. The first-order valence-electron chi connectivity index (χ1n) is 3.25. The largest absolute Gasteiger partial charge is 0.386 e. The monoisotopic (exact) mass is 215 g/mol. The van der Waals surface area contributed by atoms with Crippen LogP contribution < -0.4 is 10.5 Å². The van der Waals surface area contributed by atoms with E-state index in [9.17, 15) is 17.2 Å². The summed E-state index contributed by atoms with van der Waals surface area (Å²) in [4.78, 5) is 0. The van der Waals surface area contributed by atoms with Crippen LogP contribution in [0.15, 0.2) is 0 Å². The molecule has 0 spiro atoms. The van der Waals surface area contributed by atoms with E-state index in [2.05, 4.69) is 0 Å². The lowest BCUT2D eigenvalue weighted by Gasteiger charge is -2.23. The van der Waals surface area contributed by atoms with Crippen molar-refractivity contribution in [3.8, 4) is 0 Å². The van der Waals surface area contributed by atoms with Gasteiger partial charge in [0.15, 0.2) is 0 Å². The van der Waals surface area contributed by atoms with Gasteiger partial charge < -0.3 is 5.73 Å². The maximum absolute atomic E-state index is 11.8. The average Bonchev–Trinajstić information content (AvgIpc) is 1.83. The molecule has 0 amide bonds. The number of nitrogens with two attached hydrogens (primary N) is 1. The molecular weight excluding hydrogens is 204 g/mol. The Balaban J connectivity index is 4.73. The maximum Gasteiger partial charge on any atom is 0.350 e. The molecule has 0 radical (unpaired) electrons. The van der Waals surface area contributed by atoms with Crippen LogP contribution in [0.1, 0.15) is 13.8 Å². The maximum atomic E-state index is 11.8. The Morgan fingerprint density at radius 1 is 1.54 bits per heavy atom.